The second-order valence-electron chi connectivity index (χ2n) is 46.2. The van der Waals surface area contributed by atoms with Gasteiger partial charge in [0.15, 0.2) is 0 Å². The number of hydrogen-bond acceptors (Lipinski definition) is 0. The van der Waals surface area contributed by atoms with Gasteiger partial charge in [0.05, 0.1) is 6.33 Å². The van der Waals surface area contributed by atoms with Crippen molar-refractivity contribution >= 4 is 0 Å². The number of hydrogen-bond donors (Lipinski definition) is 0. The third-order valence-corrected chi connectivity index (χ3v) is 36.4. The van der Waals surface area contributed by atoms with Gasteiger partial charge in [-0.15, -0.1) is 0 Å². The van der Waals surface area contributed by atoms with Crippen molar-refractivity contribution in [3.05, 3.63) is 226 Å². The summed E-state index contributed by atoms with van der Waals surface area (Å²) in [7, 11) is 0. The van der Waals surface area contributed by atoms with Crippen molar-refractivity contribution in [2.24, 2.45) is 112 Å². The van der Waals surface area contributed by atoms with Crippen molar-refractivity contribution in [2.45, 2.75) is 421 Å². The molecule has 730 valence electrons. The summed E-state index contributed by atoms with van der Waals surface area (Å²) in [5, 5.41) is 0. The molecular weight excluding hydrogens is 1570 g/mol. The van der Waals surface area contributed by atoms with Crippen LogP contribution in [0, 0.1) is 153 Å². The summed E-state index contributed by atoms with van der Waals surface area (Å²) in [6, 6.07) is 51.6. The fourth-order valence-electron chi connectivity index (χ4n) is 26.7. The largest absolute Gasteiger partial charge is 0.266 e. The quantitative estimate of drug-likeness (QED) is 0.101. The Morgan fingerprint density at radius 1 is 0.234 bits per heavy atom. The Labute approximate surface area is 800 Å². The first-order valence-electron chi connectivity index (χ1n) is 54.4. The maximum atomic E-state index is 13.7. The molecule has 12 saturated carbocycles. The van der Waals surface area contributed by atoms with Crippen molar-refractivity contribution < 1.29 is 34.7 Å². The van der Waals surface area contributed by atoms with Crippen LogP contribution in [0.5, 0.6) is 0 Å². The molecule has 18 rings (SSSR count). The van der Waals surface area contributed by atoms with E-state index in [2.05, 4.69) is 204 Å². The molecule has 0 heterocycles. The van der Waals surface area contributed by atoms with Gasteiger partial charge in [0.2, 0.25) is 0 Å². The van der Waals surface area contributed by atoms with E-state index in [-0.39, 0.29) is 28.9 Å². The molecule has 0 nitrogen and oxygen atoms in total. The lowest BCUT2D eigenvalue weighted by Gasteiger charge is -2.37. The molecule has 4 heteroatoms. The zero-order chi connectivity index (χ0) is 90.3. The molecule has 0 aliphatic heterocycles. The van der Waals surface area contributed by atoms with E-state index in [1.165, 1.54) is 346 Å². The minimum Gasteiger partial charge on any atom is -0.216 e. The van der Waals surface area contributed by atoms with Crippen molar-refractivity contribution in [2.75, 3.05) is 0 Å². The van der Waals surface area contributed by atoms with Crippen LogP contribution in [0.25, 0.3) is 11.1 Å². The molecule has 0 bridgehead atoms. The maximum Gasteiger partial charge on any atom is 0.266 e. The molecule has 6 aromatic carbocycles. The fraction of sp³-hybridized carbons (Fsp3) is 0.677. The van der Waals surface area contributed by atoms with Gasteiger partial charge < -0.3 is 0 Å². The third kappa shape index (κ3) is 33.0. The molecule has 0 radical (unpaired) electrons. The van der Waals surface area contributed by atoms with Gasteiger partial charge in [-0.25, -0.2) is 8.78 Å². The van der Waals surface area contributed by atoms with Gasteiger partial charge in [-0.2, -0.15) is 8.78 Å². The van der Waals surface area contributed by atoms with Crippen LogP contribution in [0.1, 0.15) is 459 Å². The molecule has 6 aromatic rings. The average molecular weight is 1770 g/mol. The minimum absolute atomic E-state index is 0. The van der Waals surface area contributed by atoms with Crippen molar-refractivity contribution in [3.63, 3.8) is 0 Å². The zero-order valence-corrected chi connectivity index (χ0v) is 83.3. The summed E-state index contributed by atoms with van der Waals surface area (Å²) in [4.78, 5) is 0. The van der Waals surface area contributed by atoms with E-state index in [1.807, 2.05) is 13.0 Å². The standard InChI is InChI=1S/C20H29F.2C20H30.C20H24.C15H24F2.C15H25F.C14H20.12H2/c1-14-3-6-16(7-4-14)17-9-11-18(12-10-17)19-8-5-15(2)20(21)13-19;3*1-15-3-7-17(8-4-15)19-11-13-20(14-12-19)18-9-5-16(2)6-10-18;1-11-2-6-13(7-3-11)14-8-4-12(5-9-14)10-15(16)17;1-12-2-6-14(7-3-12)15-8-4-13(5-9-15)10-11-16;1-11-3-7-13(8-4-11)14-9-5-12(2)6-10-14;;;;;;;;;;;;/h5,8,13-14,16-18H,3-4,6-7,9-12H2,1-2H3;2*3-4,7-8,16,18-20H,5-6,9-14H2,1-2H3;3-4,7-8,11-14,16,18H,5-6,9-10H2,1-2H3;10-14H,2-9H2,1H3;10-15H,2-9H2,1H3;3-4,7-8,12,14H,5-6,9-10H2,1-2H3;12*1H/b;;;;;11-10+;;;;;;;;;;;;;. The molecule has 12 aliphatic carbocycles. The molecule has 128 heavy (non-hydrogen) atoms. The third-order valence-electron chi connectivity index (χ3n) is 36.4. The van der Waals surface area contributed by atoms with Crippen molar-refractivity contribution in [1.82, 2.24) is 0 Å². The van der Waals surface area contributed by atoms with E-state index in [0.29, 0.717) is 11.8 Å². The topological polar surface area (TPSA) is 0 Å². The minimum atomic E-state index is -1.49. The van der Waals surface area contributed by atoms with Crippen molar-refractivity contribution in [1.29, 1.82) is 0 Å². The number of aryl methyl sites for hydroxylation is 5. The summed E-state index contributed by atoms with van der Waals surface area (Å²) >= 11 is 0. The van der Waals surface area contributed by atoms with E-state index in [9.17, 15) is 17.6 Å². The first-order chi connectivity index (χ1) is 62.0. The molecule has 0 amide bonds. The molecule has 12 fully saturated rings. The molecule has 0 N–H and O–H groups in total. The van der Waals surface area contributed by atoms with Crippen LogP contribution in [0.15, 0.2) is 164 Å². The highest BCUT2D eigenvalue weighted by molar-refractivity contribution is 5.64. The van der Waals surface area contributed by atoms with Crippen LogP contribution in [0.3, 0.4) is 0 Å². The Balaban J connectivity index is 0.00000159. The highest BCUT2D eigenvalue weighted by Crippen LogP contribution is 2.50. The smallest absolute Gasteiger partial charge is 0.216 e. The second kappa shape index (κ2) is 53.0. The van der Waals surface area contributed by atoms with E-state index in [4.69, 9.17) is 0 Å². The van der Waals surface area contributed by atoms with Crippen LogP contribution in [0.2, 0.25) is 0 Å². The molecule has 0 atom stereocenters. The van der Waals surface area contributed by atoms with Crippen LogP contribution in [0.4, 0.5) is 17.6 Å². The lowest BCUT2D eigenvalue weighted by molar-refractivity contribution is 0.159. The summed E-state index contributed by atoms with van der Waals surface area (Å²) in [5.41, 5.74) is 16.4. The highest BCUT2D eigenvalue weighted by Gasteiger charge is 2.37. The summed E-state index contributed by atoms with van der Waals surface area (Å²) in [6.45, 7) is 27.3. The van der Waals surface area contributed by atoms with E-state index >= 15 is 0 Å². The maximum absolute atomic E-state index is 13.7. The first-order valence-corrected chi connectivity index (χ1v) is 54.4. The number of benzene rings is 6. The van der Waals surface area contributed by atoms with Gasteiger partial charge in [0, 0.05) is 17.1 Å². The van der Waals surface area contributed by atoms with Gasteiger partial charge in [0.25, 0.3) is 6.08 Å². The Hall–Kier alpha value is -5.48. The molecular formula is C124H206F4. The Kier molecular flexibility index (Phi) is 42.0. The lowest BCUT2D eigenvalue weighted by atomic mass is 9.68. The Morgan fingerprint density at radius 3 is 0.664 bits per heavy atom. The molecule has 12 aliphatic rings. The van der Waals surface area contributed by atoms with E-state index < -0.39 is 6.08 Å². The summed E-state index contributed by atoms with van der Waals surface area (Å²) in [6.07, 6.45) is 68.8. The van der Waals surface area contributed by atoms with E-state index in [1.54, 1.807) is 28.8 Å². The second-order valence-corrected chi connectivity index (χ2v) is 46.2. The summed E-state index contributed by atoms with van der Waals surface area (Å²) < 4.78 is 50.2. The molecule has 0 unspecified atom stereocenters. The van der Waals surface area contributed by atoms with Gasteiger partial charge in [-0.1, -0.05) is 300 Å². The fourth-order valence-corrected chi connectivity index (χ4v) is 26.7. The summed E-state index contributed by atoms with van der Waals surface area (Å²) in [5.74, 6) is 21.1. The Morgan fingerprint density at radius 2 is 0.422 bits per heavy atom. The van der Waals surface area contributed by atoms with Crippen LogP contribution in [-0.4, -0.2) is 0 Å². The lowest BCUT2D eigenvalue weighted by Crippen LogP contribution is -2.24. The number of allylic oxidation sites excluding steroid dienone is 2. The SMILES string of the molecule is CC1CCC(C2CCC(/C=C/F)CC2)CC1.CC1CCC(C2CCC(C=C(F)F)CC2)CC1.Cc1ccc(-c2ccc(C3CCC(C)CC3)cc2)cc1.Cc1ccc(C2CCC(C)CC2)cc1.Cc1ccc(C2CCC(C3CCC(C)CC3)CC2)cc1.Cc1ccc(C2CCC(C3CCC(C)CC3)CC2)cc1.Cc1ccc(C2CCC(C3CCC(C)CC3)CC2)cc1F.[HH].[HH].[HH].[HH].[HH].[HH].[HH].[HH].[HH].[HH].[HH].[HH]. The van der Waals surface area contributed by atoms with E-state index in [0.717, 1.165) is 149 Å². The predicted octanol–water partition coefficient (Wildman–Crippen LogP) is 42.1. The normalized spacial score (nSPS) is 33.3. The van der Waals surface area contributed by atoms with Crippen LogP contribution in [-0.2, 0) is 0 Å². The average Bonchev–Trinajstić information content (AvgIpc) is 0.826. The number of rotatable bonds is 13. The van der Waals surface area contributed by atoms with Gasteiger partial charge >= 0.3 is 0 Å². The predicted molar refractivity (Wildman–Crippen MR) is 569 cm³/mol. The van der Waals surface area contributed by atoms with Crippen LogP contribution >= 0.6 is 0 Å². The van der Waals surface area contributed by atoms with Crippen molar-refractivity contribution in [3.8, 4) is 11.1 Å². The zero-order valence-electron chi connectivity index (χ0n) is 83.3. The highest BCUT2D eigenvalue weighted by atomic mass is 19.3. The van der Waals surface area contributed by atoms with Crippen LogP contribution < -0.4 is 0 Å². The molecule has 0 aromatic heterocycles. The Bertz CT molecular complexity index is 4000. The van der Waals surface area contributed by atoms with Gasteiger partial charge in [-0.3, -0.25) is 0 Å². The monoisotopic (exact) mass is 1770 g/mol. The van der Waals surface area contributed by atoms with Gasteiger partial charge in [0.1, 0.15) is 5.82 Å². The number of halogens is 4. The first kappa shape index (κ1) is 101. The molecule has 0 spiro atoms. The van der Waals surface area contributed by atoms with Gasteiger partial charge in [-0.05, 0) is 452 Å². The molecule has 0 saturated heterocycles.